The highest BCUT2D eigenvalue weighted by atomic mass is 14.7. The Bertz CT molecular complexity index is 245. The van der Waals surface area contributed by atoms with Gasteiger partial charge in [-0.2, -0.15) is 0 Å². The normalized spacial score (nSPS) is 28.8. The van der Waals surface area contributed by atoms with Crippen molar-refractivity contribution in [2.45, 2.75) is 39.2 Å². The summed E-state index contributed by atoms with van der Waals surface area (Å²) in [7, 11) is 0. The predicted octanol–water partition coefficient (Wildman–Crippen LogP) is 1.92. The highest BCUT2D eigenvalue weighted by molar-refractivity contribution is 5.26. The van der Waals surface area contributed by atoms with E-state index in [1.54, 1.807) is 0 Å². The first-order valence-corrected chi connectivity index (χ1v) is 4.75. The van der Waals surface area contributed by atoms with Crippen molar-refractivity contribution in [3.05, 3.63) is 23.9 Å². The molecule has 1 atom stereocenters. The van der Waals surface area contributed by atoms with Crippen LogP contribution in [0.4, 0.5) is 0 Å². The minimum Gasteiger partial charge on any atom is -0.399 e. The number of allylic oxidation sites excluding steroid dienone is 1. The van der Waals surface area contributed by atoms with Crippen LogP contribution < -0.4 is 11.5 Å². The van der Waals surface area contributed by atoms with Gasteiger partial charge < -0.3 is 11.5 Å². The molecule has 0 saturated heterocycles. The van der Waals surface area contributed by atoms with Gasteiger partial charge in [0.05, 0.1) is 0 Å². The quantitative estimate of drug-likeness (QED) is 0.647. The zero-order valence-corrected chi connectivity index (χ0v) is 8.80. The molecule has 0 fully saturated rings. The van der Waals surface area contributed by atoms with E-state index in [2.05, 4.69) is 20.8 Å². The molecule has 1 aliphatic carbocycles. The molecule has 0 heterocycles. The average Bonchev–Trinajstić information content (AvgIpc) is 1.92. The van der Waals surface area contributed by atoms with Gasteiger partial charge in [-0.05, 0) is 24.3 Å². The SMILES string of the molecule is CC(C)(C)CC1(N)C=CC(N)=CC1. The molecule has 74 valence electrons. The second-order valence-electron chi connectivity index (χ2n) is 5.21. The van der Waals surface area contributed by atoms with Gasteiger partial charge in [-0.25, -0.2) is 0 Å². The Kier molecular flexibility index (Phi) is 2.53. The van der Waals surface area contributed by atoms with Crippen molar-refractivity contribution in [1.82, 2.24) is 0 Å². The van der Waals surface area contributed by atoms with Gasteiger partial charge in [-0.3, -0.25) is 0 Å². The zero-order valence-electron chi connectivity index (χ0n) is 8.80. The number of rotatable bonds is 1. The van der Waals surface area contributed by atoms with E-state index in [0.717, 1.165) is 18.5 Å². The summed E-state index contributed by atoms with van der Waals surface area (Å²) in [5, 5.41) is 0. The Balaban J connectivity index is 2.66. The fourth-order valence-electron chi connectivity index (χ4n) is 1.82. The van der Waals surface area contributed by atoms with Crippen molar-refractivity contribution in [2.24, 2.45) is 16.9 Å². The fraction of sp³-hybridized carbons (Fsp3) is 0.636. The van der Waals surface area contributed by atoms with E-state index >= 15 is 0 Å². The lowest BCUT2D eigenvalue weighted by Gasteiger charge is -2.34. The molecule has 13 heavy (non-hydrogen) atoms. The van der Waals surface area contributed by atoms with E-state index in [4.69, 9.17) is 11.5 Å². The van der Waals surface area contributed by atoms with Crippen LogP contribution in [0.5, 0.6) is 0 Å². The lowest BCUT2D eigenvalue weighted by Crippen LogP contribution is -2.42. The first-order chi connectivity index (χ1) is 5.81. The third-order valence-corrected chi connectivity index (χ3v) is 2.18. The second-order valence-corrected chi connectivity index (χ2v) is 5.21. The molecule has 0 aromatic carbocycles. The van der Waals surface area contributed by atoms with Gasteiger partial charge in [0.1, 0.15) is 0 Å². The smallest absolute Gasteiger partial charge is 0.0383 e. The number of hydrogen-bond donors (Lipinski definition) is 2. The Morgan fingerprint density at radius 1 is 1.46 bits per heavy atom. The van der Waals surface area contributed by atoms with Crippen molar-refractivity contribution >= 4 is 0 Å². The van der Waals surface area contributed by atoms with Crippen LogP contribution in [0.15, 0.2) is 23.9 Å². The summed E-state index contributed by atoms with van der Waals surface area (Å²) in [6.07, 6.45) is 7.79. The molecule has 0 amide bonds. The Morgan fingerprint density at radius 2 is 2.08 bits per heavy atom. The second kappa shape index (κ2) is 3.18. The predicted molar refractivity (Wildman–Crippen MR) is 57.0 cm³/mol. The molecule has 2 nitrogen and oxygen atoms in total. The van der Waals surface area contributed by atoms with Gasteiger partial charge >= 0.3 is 0 Å². The molecular weight excluding hydrogens is 160 g/mol. The van der Waals surface area contributed by atoms with Crippen LogP contribution in [0.1, 0.15) is 33.6 Å². The van der Waals surface area contributed by atoms with E-state index in [1.165, 1.54) is 0 Å². The van der Waals surface area contributed by atoms with Gasteiger partial charge in [0, 0.05) is 11.2 Å². The van der Waals surface area contributed by atoms with Gasteiger partial charge in [-0.1, -0.05) is 32.9 Å². The topological polar surface area (TPSA) is 52.0 Å². The Labute approximate surface area is 80.7 Å². The third-order valence-electron chi connectivity index (χ3n) is 2.18. The fourth-order valence-corrected chi connectivity index (χ4v) is 1.82. The molecule has 0 bridgehead atoms. The van der Waals surface area contributed by atoms with Gasteiger partial charge in [-0.15, -0.1) is 0 Å². The van der Waals surface area contributed by atoms with E-state index in [-0.39, 0.29) is 11.0 Å². The summed E-state index contributed by atoms with van der Waals surface area (Å²) in [6, 6.07) is 0. The van der Waals surface area contributed by atoms with Crippen molar-refractivity contribution < 1.29 is 0 Å². The summed E-state index contributed by atoms with van der Waals surface area (Å²) in [5.74, 6) is 0. The van der Waals surface area contributed by atoms with Crippen molar-refractivity contribution in [3.63, 3.8) is 0 Å². The third kappa shape index (κ3) is 3.23. The number of hydrogen-bond acceptors (Lipinski definition) is 2. The van der Waals surface area contributed by atoms with Crippen LogP contribution in [-0.4, -0.2) is 5.54 Å². The highest BCUT2D eigenvalue weighted by Gasteiger charge is 2.28. The molecule has 1 rings (SSSR count). The zero-order chi connectivity index (χ0) is 10.1. The van der Waals surface area contributed by atoms with Crippen LogP contribution in [0.2, 0.25) is 0 Å². The van der Waals surface area contributed by atoms with Crippen LogP contribution >= 0.6 is 0 Å². The van der Waals surface area contributed by atoms with E-state index in [1.807, 2.05) is 18.2 Å². The molecule has 0 spiro atoms. The molecule has 0 radical (unpaired) electrons. The maximum atomic E-state index is 6.22. The Morgan fingerprint density at radius 3 is 2.46 bits per heavy atom. The average molecular weight is 180 g/mol. The summed E-state index contributed by atoms with van der Waals surface area (Å²) in [5.41, 5.74) is 12.8. The highest BCUT2D eigenvalue weighted by Crippen LogP contribution is 2.31. The van der Waals surface area contributed by atoms with Gasteiger partial charge in [0.15, 0.2) is 0 Å². The molecule has 4 N–H and O–H groups in total. The van der Waals surface area contributed by atoms with E-state index in [9.17, 15) is 0 Å². The summed E-state index contributed by atoms with van der Waals surface area (Å²) < 4.78 is 0. The minimum atomic E-state index is -0.193. The standard InChI is InChI=1S/C11H20N2/c1-10(2,3)8-11(13)6-4-9(12)5-7-11/h4-6H,7-8,12-13H2,1-3H3. The lowest BCUT2D eigenvalue weighted by atomic mass is 9.77. The molecule has 2 heteroatoms. The maximum absolute atomic E-state index is 6.22. The monoisotopic (exact) mass is 180 g/mol. The first kappa shape index (κ1) is 10.3. The lowest BCUT2D eigenvalue weighted by molar-refractivity contribution is 0.293. The molecular formula is C11H20N2. The van der Waals surface area contributed by atoms with Crippen LogP contribution in [0, 0.1) is 5.41 Å². The number of nitrogens with two attached hydrogens (primary N) is 2. The summed E-state index contributed by atoms with van der Waals surface area (Å²) >= 11 is 0. The van der Waals surface area contributed by atoms with Crippen LogP contribution in [0.25, 0.3) is 0 Å². The molecule has 0 aromatic heterocycles. The molecule has 1 unspecified atom stereocenters. The van der Waals surface area contributed by atoms with Gasteiger partial charge in [0.2, 0.25) is 0 Å². The summed E-state index contributed by atoms with van der Waals surface area (Å²) in [4.78, 5) is 0. The van der Waals surface area contributed by atoms with Crippen LogP contribution in [-0.2, 0) is 0 Å². The summed E-state index contributed by atoms with van der Waals surface area (Å²) in [6.45, 7) is 6.62. The van der Waals surface area contributed by atoms with Crippen molar-refractivity contribution in [3.8, 4) is 0 Å². The van der Waals surface area contributed by atoms with Gasteiger partial charge in [0.25, 0.3) is 0 Å². The van der Waals surface area contributed by atoms with E-state index < -0.39 is 0 Å². The van der Waals surface area contributed by atoms with Crippen molar-refractivity contribution in [1.29, 1.82) is 0 Å². The van der Waals surface area contributed by atoms with E-state index in [0.29, 0.717) is 0 Å². The van der Waals surface area contributed by atoms with Crippen LogP contribution in [0.3, 0.4) is 0 Å². The van der Waals surface area contributed by atoms with Crippen molar-refractivity contribution in [2.75, 3.05) is 0 Å². The first-order valence-electron chi connectivity index (χ1n) is 4.75. The maximum Gasteiger partial charge on any atom is 0.0383 e. The molecule has 0 aliphatic heterocycles. The minimum absolute atomic E-state index is 0.193. The molecule has 0 saturated carbocycles. The Hall–Kier alpha value is -0.760. The molecule has 1 aliphatic rings. The largest absolute Gasteiger partial charge is 0.399 e. The molecule has 0 aromatic rings.